The maximum atomic E-state index is 11.5. The molecule has 0 spiro atoms. The number of aromatic amines is 1. The molecule has 0 bridgehead atoms. The van der Waals surface area contributed by atoms with Crippen LogP contribution in [0.1, 0.15) is 25.1 Å². The van der Waals surface area contributed by atoms with Crippen LogP contribution >= 0.6 is 0 Å². The minimum absolute atomic E-state index is 0.113. The lowest BCUT2D eigenvalue weighted by molar-refractivity contribution is -0.385. The van der Waals surface area contributed by atoms with Crippen LogP contribution in [0.5, 0.6) is 11.5 Å². The van der Waals surface area contributed by atoms with Crippen LogP contribution in [0.15, 0.2) is 12.1 Å². The Morgan fingerprint density at radius 1 is 1.29 bits per heavy atom. The van der Waals surface area contributed by atoms with Gasteiger partial charge in [-0.3, -0.25) is 15.2 Å². The van der Waals surface area contributed by atoms with E-state index in [9.17, 15) is 10.1 Å². The molecule has 0 fully saturated rings. The molecule has 128 valence electrons. The molecular formula is C16H20N4O4. The molecule has 0 saturated carbocycles. The van der Waals surface area contributed by atoms with Crippen molar-refractivity contribution in [3.63, 3.8) is 0 Å². The Bertz CT molecular complexity index is 757. The normalized spacial score (nSPS) is 13.4. The van der Waals surface area contributed by atoms with Crippen LogP contribution in [0.4, 0.5) is 5.69 Å². The van der Waals surface area contributed by atoms with E-state index in [0.29, 0.717) is 36.8 Å². The number of nitro groups is 1. The number of hydrogen-bond acceptors (Lipinski definition) is 6. The highest BCUT2D eigenvalue weighted by Gasteiger charge is 2.26. The largest absolute Gasteiger partial charge is 0.490 e. The van der Waals surface area contributed by atoms with Crippen molar-refractivity contribution in [1.29, 1.82) is 0 Å². The van der Waals surface area contributed by atoms with Gasteiger partial charge in [-0.2, -0.15) is 5.10 Å². The number of nitrogens with one attached hydrogen (secondary N) is 2. The van der Waals surface area contributed by atoms with Crippen molar-refractivity contribution in [2.45, 2.75) is 26.8 Å². The van der Waals surface area contributed by atoms with Gasteiger partial charge in [0.25, 0.3) is 0 Å². The summed E-state index contributed by atoms with van der Waals surface area (Å²) in [6.07, 6.45) is 0.861. The molecule has 24 heavy (non-hydrogen) atoms. The van der Waals surface area contributed by atoms with E-state index >= 15 is 0 Å². The van der Waals surface area contributed by atoms with Gasteiger partial charge >= 0.3 is 5.69 Å². The summed E-state index contributed by atoms with van der Waals surface area (Å²) in [5, 5.41) is 22.2. The second-order valence-corrected chi connectivity index (χ2v) is 5.40. The Balaban J connectivity index is 2.14. The molecule has 0 atom stereocenters. The van der Waals surface area contributed by atoms with Gasteiger partial charge in [0.15, 0.2) is 5.75 Å². The van der Waals surface area contributed by atoms with Crippen LogP contribution in [-0.2, 0) is 13.0 Å². The number of ether oxygens (including phenoxy) is 2. The summed E-state index contributed by atoms with van der Waals surface area (Å²) in [7, 11) is 0. The van der Waals surface area contributed by atoms with E-state index in [4.69, 9.17) is 9.47 Å². The zero-order valence-electron chi connectivity index (χ0n) is 13.7. The Morgan fingerprint density at radius 2 is 2.08 bits per heavy atom. The van der Waals surface area contributed by atoms with Crippen LogP contribution in [-0.4, -0.2) is 34.9 Å². The second-order valence-electron chi connectivity index (χ2n) is 5.40. The Labute approximate surface area is 139 Å². The van der Waals surface area contributed by atoms with Gasteiger partial charge < -0.3 is 14.8 Å². The third-order valence-corrected chi connectivity index (χ3v) is 3.90. The molecule has 0 saturated heterocycles. The summed E-state index contributed by atoms with van der Waals surface area (Å²) in [4.78, 5) is 11.0. The first-order valence-corrected chi connectivity index (χ1v) is 8.00. The molecule has 1 aromatic carbocycles. The fourth-order valence-corrected chi connectivity index (χ4v) is 2.88. The van der Waals surface area contributed by atoms with Gasteiger partial charge in [0.2, 0.25) is 5.75 Å². The first kappa shape index (κ1) is 16.3. The maximum Gasteiger partial charge on any atom is 0.315 e. The molecule has 2 aromatic rings. The monoisotopic (exact) mass is 332 g/mol. The van der Waals surface area contributed by atoms with Gasteiger partial charge in [-0.15, -0.1) is 0 Å². The maximum absolute atomic E-state index is 11.5. The first-order chi connectivity index (χ1) is 11.7. The van der Waals surface area contributed by atoms with Crippen molar-refractivity contribution in [1.82, 2.24) is 15.5 Å². The predicted octanol–water partition coefficient (Wildman–Crippen LogP) is 2.43. The highest BCUT2D eigenvalue weighted by Crippen LogP contribution is 2.42. The van der Waals surface area contributed by atoms with Crippen molar-refractivity contribution >= 4 is 5.69 Å². The Morgan fingerprint density at radius 3 is 2.79 bits per heavy atom. The zero-order chi connectivity index (χ0) is 17.1. The molecule has 0 radical (unpaired) electrons. The molecule has 1 aliphatic heterocycles. The Hall–Kier alpha value is -2.61. The topological polar surface area (TPSA) is 102 Å². The van der Waals surface area contributed by atoms with Crippen molar-refractivity contribution < 1.29 is 14.4 Å². The molecule has 2 N–H and O–H groups in total. The fraction of sp³-hybridized carbons (Fsp3) is 0.438. The third-order valence-electron chi connectivity index (χ3n) is 3.90. The van der Waals surface area contributed by atoms with E-state index in [2.05, 4.69) is 15.5 Å². The average Bonchev–Trinajstić information content (AvgIpc) is 3.00. The lowest BCUT2D eigenvalue weighted by Gasteiger charge is -2.15. The van der Waals surface area contributed by atoms with Gasteiger partial charge in [-0.25, -0.2) is 0 Å². The third kappa shape index (κ3) is 2.92. The highest BCUT2D eigenvalue weighted by atomic mass is 16.6. The zero-order valence-corrected chi connectivity index (χ0v) is 13.7. The number of nitro benzene ring substituents is 1. The van der Waals surface area contributed by atoms with Crippen molar-refractivity contribution in [3.05, 3.63) is 33.5 Å². The molecular weight excluding hydrogens is 312 g/mol. The molecule has 2 heterocycles. The standard InChI is InChI=1S/C16H20N4O4/c1-3-23-14-8-10(7-13(20(21)22)16(14)24-4-2)15-11-9-17-6-5-12(11)18-19-15/h7-8,17H,3-6,9H2,1-2H3,(H,18,19). The van der Waals surface area contributed by atoms with Gasteiger partial charge in [-0.1, -0.05) is 0 Å². The number of benzene rings is 1. The summed E-state index contributed by atoms with van der Waals surface area (Å²) in [6, 6.07) is 3.26. The van der Waals surface area contributed by atoms with E-state index in [-0.39, 0.29) is 11.4 Å². The van der Waals surface area contributed by atoms with Crippen molar-refractivity contribution in [3.8, 4) is 22.8 Å². The van der Waals surface area contributed by atoms with E-state index in [1.807, 2.05) is 6.92 Å². The van der Waals surface area contributed by atoms with E-state index in [1.165, 1.54) is 6.07 Å². The molecule has 1 aromatic heterocycles. The number of rotatable bonds is 6. The van der Waals surface area contributed by atoms with Crippen LogP contribution in [0.2, 0.25) is 0 Å². The minimum Gasteiger partial charge on any atom is -0.490 e. The lowest BCUT2D eigenvalue weighted by atomic mass is 10.0. The Kier molecular flexibility index (Phi) is 4.66. The SMILES string of the molecule is CCOc1cc(-c2n[nH]c3c2CNCC3)cc([N+](=O)[O-])c1OCC. The molecule has 8 nitrogen and oxygen atoms in total. The van der Waals surface area contributed by atoms with Crippen molar-refractivity contribution in [2.75, 3.05) is 19.8 Å². The predicted molar refractivity (Wildman–Crippen MR) is 88.4 cm³/mol. The summed E-state index contributed by atoms with van der Waals surface area (Å²) in [6.45, 7) is 5.90. The average molecular weight is 332 g/mol. The number of fused-ring (bicyclic) bond motifs is 1. The number of aromatic nitrogens is 2. The summed E-state index contributed by atoms with van der Waals surface area (Å²) >= 11 is 0. The van der Waals surface area contributed by atoms with Crippen LogP contribution in [0.25, 0.3) is 11.3 Å². The molecule has 8 heteroatoms. The number of H-pyrrole nitrogens is 1. The van der Waals surface area contributed by atoms with Gasteiger partial charge in [-0.05, 0) is 19.9 Å². The van der Waals surface area contributed by atoms with Crippen molar-refractivity contribution in [2.24, 2.45) is 0 Å². The molecule has 3 rings (SSSR count). The lowest BCUT2D eigenvalue weighted by Crippen LogP contribution is -2.23. The quantitative estimate of drug-likeness (QED) is 0.622. The highest BCUT2D eigenvalue weighted by molar-refractivity contribution is 5.73. The number of hydrogen-bond donors (Lipinski definition) is 2. The summed E-state index contributed by atoms with van der Waals surface area (Å²) in [5.74, 6) is 0.527. The van der Waals surface area contributed by atoms with E-state index in [1.54, 1.807) is 13.0 Å². The summed E-state index contributed by atoms with van der Waals surface area (Å²) in [5.41, 5.74) is 3.36. The molecule has 0 amide bonds. The molecule has 1 aliphatic rings. The smallest absolute Gasteiger partial charge is 0.315 e. The van der Waals surface area contributed by atoms with Gasteiger partial charge in [0, 0.05) is 42.4 Å². The van der Waals surface area contributed by atoms with Gasteiger partial charge in [0.05, 0.1) is 23.8 Å². The minimum atomic E-state index is -0.450. The fourth-order valence-electron chi connectivity index (χ4n) is 2.88. The molecule has 0 unspecified atom stereocenters. The van der Waals surface area contributed by atoms with E-state index in [0.717, 1.165) is 24.2 Å². The molecule has 0 aliphatic carbocycles. The van der Waals surface area contributed by atoms with Crippen LogP contribution in [0.3, 0.4) is 0 Å². The first-order valence-electron chi connectivity index (χ1n) is 8.00. The number of nitrogens with zero attached hydrogens (tertiary/aromatic N) is 2. The van der Waals surface area contributed by atoms with Crippen LogP contribution < -0.4 is 14.8 Å². The second kappa shape index (κ2) is 6.88. The van der Waals surface area contributed by atoms with Gasteiger partial charge in [0.1, 0.15) is 0 Å². The van der Waals surface area contributed by atoms with Crippen LogP contribution in [0, 0.1) is 10.1 Å². The van der Waals surface area contributed by atoms with E-state index < -0.39 is 4.92 Å². The summed E-state index contributed by atoms with van der Waals surface area (Å²) < 4.78 is 11.0.